The number of fused-ring (bicyclic) bond motifs is 1. The molecule has 1 aromatic heterocycles. The second-order valence-corrected chi connectivity index (χ2v) is 8.32. The van der Waals surface area contributed by atoms with Crippen LogP contribution in [0, 0.1) is 10.1 Å². The molecule has 0 fully saturated rings. The Morgan fingerprint density at radius 1 is 0.897 bits per heavy atom. The molecule has 0 amide bonds. The van der Waals surface area contributed by atoms with Crippen molar-refractivity contribution in [2.24, 2.45) is 5.10 Å². The van der Waals surface area contributed by atoms with Crippen molar-refractivity contribution >= 4 is 34.9 Å². The zero-order valence-corrected chi connectivity index (χ0v) is 20.4. The van der Waals surface area contributed by atoms with Crippen LogP contribution in [0.1, 0.15) is 11.1 Å². The quantitative estimate of drug-likeness (QED) is 0.0707. The number of non-ortho nitro benzene ring substituents is 1. The molecule has 1 heterocycles. The molecule has 0 bridgehead atoms. The Hall–Kier alpha value is -5.70. The molecule has 0 aliphatic heterocycles. The number of rotatable bonds is 7. The molecule has 5 rings (SSSR count). The number of ether oxygens (including phenoxy) is 1. The van der Waals surface area contributed by atoms with Crippen molar-refractivity contribution in [3.8, 4) is 17.1 Å². The average Bonchev–Trinajstić information content (AvgIpc) is 2.97. The van der Waals surface area contributed by atoms with E-state index >= 15 is 0 Å². The molecule has 4 aromatic carbocycles. The summed E-state index contributed by atoms with van der Waals surface area (Å²) in [6, 6.07) is 28.8. The molecule has 0 aliphatic carbocycles. The molecular weight excluding hydrogens is 496 g/mol. The maximum atomic E-state index is 13.4. The first-order valence-electron chi connectivity index (χ1n) is 11.8. The molecule has 5 aromatic rings. The number of aromatic nitrogens is 2. The van der Waals surface area contributed by atoms with Crippen molar-refractivity contribution in [1.82, 2.24) is 9.66 Å². The molecule has 0 unspecified atom stereocenters. The minimum absolute atomic E-state index is 0.0425. The highest BCUT2D eigenvalue weighted by Crippen LogP contribution is 2.20. The number of carbonyl (C=O) groups is 1. The van der Waals surface area contributed by atoms with E-state index in [9.17, 15) is 19.7 Å². The van der Waals surface area contributed by atoms with E-state index in [0.29, 0.717) is 33.4 Å². The lowest BCUT2D eigenvalue weighted by Crippen LogP contribution is -2.20. The third kappa shape index (κ3) is 5.67. The van der Waals surface area contributed by atoms with Crippen molar-refractivity contribution in [2.45, 2.75) is 0 Å². The third-order valence-corrected chi connectivity index (χ3v) is 5.74. The van der Waals surface area contributed by atoms with Gasteiger partial charge in [-0.3, -0.25) is 14.9 Å². The third-order valence-electron chi connectivity index (χ3n) is 5.74. The van der Waals surface area contributed by atoms with E-state index in [1.165, 1.54) is 47.3 Å². The van der Waals surface area contributed by atoms with Gasteiger partial charge in [-0.15, -0.1) is 0 Å². The summed E-state index contributed by atoms with van der Waals surface area (Å²) < 4.78 is 6.73. The number of carbonyl (C=O) groups excluding carboxylic acids is 1. The van der Waals surface area contributed by atoms with Gasteiger partial charge in [0.25, 0.3) is 11.2 Å². The Morgan fingerprint density at radius 2 is 1.59 bits per heavy atom. The maximum Gasteiger partial charge on any atom is 0.336 e. The molecule has 0 N–H and O–H groups in total. The smallest absolute Gasteiger partial charge is 0.336 e. The zero-order chi connectivity index (χ0) is 27.2. The van der Waals surface area contributed by atoms with Crippen LogP contribution in [0.3, 0.4) is 0 Å². The normalized spacial score (nSPS) is 11.3. The first-order valence-corrected chi connectivity index (χ1v) is 11.8. The number of benzene rings is 4. The molecule has 0 atom stereocenters. The van der Waals surface area contributed by atoms with E-state index in [2.05, 4.69) is 10.1 Å². The Morgan fingerprint density at radius 3 is 2.36 bits per heavy atom. The van der Waals surface area contributed by atoms with E-state index in [4.69, 9.17) is 4.74 Å². The number of para-hydroxylation sites is 2. The van der Waals surface area contributed by atoms with Crippen molar-refractivity contribution in [3.63, 3.8) is 0 Å². The van der Waals surface area contributed by atoms with E-state index in [0.717, 1.165) is 0 Å². The molecule has 39 heavy (non-hydrogen) atoms. The molecular formula is C30H20N4O5. The van der Waals surface area contributed by atoms with Crippen LogP contribution in [0.25, 0.3) is 28.4 Å². The summed E-state index contributed by atoms with van der Waals surface area (Å²) in [6.45, 7) is 0. The lowest BCUT2D eigenvalue weighted by molar-refractivity contribution is -0.384. The minimum atomic E-state index is -0.649. The predicted molar refractivity (Wildman–Crippen MR) is 149 cm³/mol. The average molecular weight is 517 g/mol. The summed E-state index contributed by atoms with van der Waals surface area (Å²) in [7, 11) is 0. The van der Waals surface area contributed by atoms with Crippen molar-refractivity contribution in [2.75, 3.05) is 0 Å². The highest BCUT2D eigenvalue weighted by Gasteiger charge is 2.13. The van der Waals surface area contributed by atoms with Crippen LogP contribution in [0.2, 0.25) is 0 Å². The summed E-state index contributed by atoms with van der Waals surface area (Å²) in [4.78, 5) is 40.8. The Bertz CT molecular complexity index is 1790. The summed E-state index contributed by atoms with van der Waals surface area (Å²) in [5, 5.41) is 15.7. The van der Waals surface area contributed by atoms with Crippen LogP contribution in [-0.2, 0) is 4.79 Å². The van der Waals surface area contributed by atoms with Gasteiger partial charge < -0.3 is 4.74 Å². The van der Waals surface area contributed by atoms with E-state index in [-0.39, 0.29) is 17.0 Å². The van der Waals surface area contributed by atoms with Gasteiger partial charge in [0.05, 0.1) is 22.0 Å². The van der Waals surface area contributed by atoms with Gasteiger partial charge in [0.1, 0.15) is 5.75 Å². The van der Waals surface area contributed by atoms with Gasteiger partial charge in [-0.25, -0.2) is 9.78 Å². The van der Waals surface area contributed by atoms with Crippen LogP contribution in [0.4, 0.5) is 5.69 Å². The van der Waals surface area contributed by atoms with E-state index in [1.54, 1.807) is 42.5 Å². The van der Waals surface area contributed by atoms with Crippen LogP contribution in [0.15, 0.2) is 119 Å². The summed E-state index contributed by atoms with van der Waals surface area (Å²) in [5.74, 6) is -0.0394. The lowest BCUT2D eigenvalue weighted by Gasteiger charge is -2.10. The lowest BCUT2D eigenvalue weighted by atomic mass is 10.2. The van der Waals surface area contributed by atoms with Crippen LogP contribution < -0.4 is 10.3 Å². The fourth-order valence-electron chi connectivity index (χ4n) is 3.82. The predicted octanol–water partition coefficient (Wildman–Crippen LogP) is 5.47. The maximum absolute atomic E-state index is 13.4. The fraction of sp³-hybridized carbons (Fsp3) is 0. The Balaban J connectivity index is 1.44. The van der Waals surface area contributed by atoms with Gasteiger partial charge in [-0.1, -0.05) is 54.6 Å². The van der Waals surface area contributed by atoms with Gasteiger partial charge >= 0.3 is 5.97 Å². The first-order chi connectivity index (χ1) is 19.0. The second kappa shape index (κ2) is 11.1. The van der Waals surface area contributed by atoms with Crippen molar-refractivity contribution in [1.29, 1.82) is 0 Å². The van der Waals surface area contributed by atoms with Gasteiger partial charge in [-0.2, -0.15) is 9.78 Å². The SMILES string of the molecule is O=C(/C=C/c1ccc([N+](=O)[O-])cc1)Oc1ccccc1C=Nn1c(-c2ccccc2)nc2ccccc2c1=O. The largest absolute Gasteiger partial charge is 0.423 e. The number of nitrogens with zero attached hydrogens (tertiary/aromatic N) is 4. The molecule has 0 saturated carbocycles. The van der Waals surface area contributed by atoms with Gasteiger partial charge in [-0.05, 0) is 48.0 Å². The Kier molecular flexibility index (Phi) is 7.13. The number of nitro benzene ring substituents is 1. The summed E-state index contributed by atoms with van der Waals surface area (Å²) in [6.07, 6.45) is 4.16. The highest BCUT2D eigenvalue weighted by atomic mass is 16.6. The number of hydrogen-bond acceptors (Lipinski definition) is 7. The second-order valence-electron chi connectivity index (χ2n) is 8.32. The molecule has 0 saturated heterocycles. The van der Waals surface area contributed by atoms with Crippen LogP contribution in [-0.4, -0.2) is 26.8 Å². The highest BCUT2D eigenvalue weighted by molar-refractivity contribution is 5.91. The monoisotopic (exact) mass is 516 g/mol. The summed E-state index contributed by atoms with van der Waals surface area (Å²) in [5.41, 5.74) is 1.96. The van der Waals surface area contributed by atoms with E-state index < -0.39 is 10.9 Å². The number of nitro groups is 1. The Labute approximate surface area is 222 Å². The van der Waals surface area contributed by atoms with Gasteiger partial charge in [0, 0.05) is 29.3 Å². The molecule has 0 spiro atoms. The molecule has 0 aliphatic rings. The van der Waals surface area contributed by atoms with Crippen molar-refractivity contribution < 1.29 is 14.5 Å². The zero-order valence-electron chi connectivity index (χ0n) is 20.4. The molecule has 190 valence electrons. The minimum Gasteiger partial charge on any atom is -0.423 e. The standard InChI is InChI=1S/C30H20N4O5/c35-28(19-16-21-14-17-24(18-15-21)34(37)38)39-27-13-7-4-10-23(27)20-31-33-29(22-8-2-1-3-9-22)32-26-12-6-5-11-25(26)30(33)36/h1-20H/b19-16+,31-20?. The first kappa shape index (κ1) is 25.0. The molecule has 9 heteroatoms. The van der Waals surface area contributed by atoms with Crippen LogP contribution in [0.5, 0.6) is 5.75 Å². The van der Waals surface area contributed by atoms with E-state index in [1.807, 2.05) is 36.4 Å². The number of hydrogen-bond donors (Lipinski definition) is 0. The number of esters is 1. The topological polar surface area (TPSA) is 117 Å². The van der Waals surface area contributed by atoms with Gasteiger partial charge in [0.2, 0.25) is 0 Å². The van der Waals surface area contributed by atoms with Crippen LogP contribution >= 0.6 is 0 Å². The fourth-order valence-corrected chi connectivity index (χ4v) is 3.82. The molecule has 0 radical (unpaired) electrons. The summed E-state index contributed by atoms with van der Waals surface area (Å²) >= 11 is 0. The van der Waals surface area contributed by atoms with Gasteiger partial charge in [0.15, 0.2) is 5.82 Å². The van der Waals surface area contributed by atoms with Crippen molar-refractivity contribution in [3.05, 3.63) is 141 Å². The molecule has 9 nitrogen and oxygen atoms in total.